The van der Waals surface area contributed by atoms with E-state index in [-0.39, 0.29) is 22.8 Å². The topological polar surface area (TPSA) is 113 Å². The quantitative estimate of drug-likeness (QED) is 0.614. The maximum Gasteiger partial charge on any atom is 0.289 e. The number of benzene rings is 1. The molecule has 0 saturated carbocycles. The van der Waals surface area contributed by atoms with Gasteiger partial charge in [-0.15, -0.1) is 11.3 Å². The van der Waals surface area contributed by atoms with Gasteiger partial charge in [-0.2, -0.15) is 0 Å². The van der Waals surface area contributed by atoms with E-state index in [9.17, 15) is 14.4 Å². The number of morpholine rings is 1. The Kier molecular flexibility index (Phi) is 6.80. The Bertz CT molecular complexity index is 869. The summed E-state index contributed by atoms with van der Waals surface area (Å²) < 4.78 is 5.29. The molecule has 9 nitrogen and oxygen atoms in total. The van der Waals surface area contributed by atoms with Crippen molar-refractivity contribution in [1.29, 1.82) is 0 Å². The maximum atomic E-state index is 12.1. The van der Waals surface area contributed by atoms with Crippen LogP contribution in [0.1, 0.15) is 20.8 Å². The van der Waals surface area contributed by atoms with Gasteiger partial charge in [-0.25, -0.2) is 4.98 Å². The summed E-state index contributed by atoms with van der Waals surface area (Å²) >= 11 is 7.28. The monoisotopic (exact) mass is 423 g/mol. The summed E-state index contributed by atoms with van der Waals surface area (Å²) in [6.45, 7) is 2.36. The molecule has 148 valence electrons. The van der Waals surface area contributed by atoms with Gasteiger partial charge in [0.15, 0.2) is 5.13 Å². The molecule has 1 aliphatic rings. The van der Waals surface area contributed by atoms with Crippen molar-refractivity contribution in [3.05, 3.63) is 45.9 Å². The number of carbonyl (C=O) groups is 3. The van der Waals surface area contributed by atoms with E-state index in [0.717, 1.165) is 18.2 Å². The molecule has 0 atom stereocenters. The number of aromatic nitrogens is 1. The zero-order valence-electron chi connectivity index (χ0n) is 14.7. The predicted molar refractivity (Wildman–Crippen MR) is 105 cm³/mol. The number of anilines is 1. The first-order chi connectivity index (χ1) is 13.5. The molecule has 0 unspecified atom stereocenters. The average Bonchev–Trinajstić information content (AvgIpc) is 3.21. The van der Waals surface area contributed by atoms with Gasteiger partial charge in [0.05, 0.1) is 30.3 Å². The van der Waals surface area contributed by atoms with Crippen LogP contribution < -0.4 is 21.1 Å². The van der Waals surface area contributed by atoms with E-state index >= 15 is 0 Å². The Labute approximate surface area is 170 Å². The summed E-state index contributed by atoms with van der Waals surface area (Å²) in [5.41, 5.74) is 4.97. The van der Waals surface area contributed by atoms with E-state index in [1.165, 1.54) is 11.3 Å². The molecule has 2 heterocycles. The third-order valence-corrected chi connectivity index (χ3v) is 5.08. The highest BCUT2D eigenvalue weighted by atomic mass is 35.5. The van der Waals surface area contributed by atoms with Crippen molar-refractivity contribution in [1.82, 2.24) is 21.2 Å². The SMILES string of the molecule is O=C(CNC(=O)c1ccccc1Cl)NNC(=O)c1csc(N2CCOCC2)n1. The van der Waals surface area contributed by atoms with Crippen molar-refractivity contribution < 1.29 is 19.1 Å². The van der Waals surface area contributed by atoms with Crippen LogP contribution in [-0.4, -0.2) is 55.6 Å². The minimum Gasteiger partial charge on any atom is -0.378 e. The molecular weight excluding hydrogens is 406 g/mol. The summed E-state index contributed by atoms with van der Waals surface area (Å²) in [7, 11) is 0. The van der Waals surface area contributed by atoms with Crippen LogP contribution in [0, 0.1) is 0 Å². The molecule has 2 aromatic rings. The summed E-state index contributed by atoms with van der Waals surface area (Å²) in [5, 5.41) is 5.06. The average molecular weight is 424 g/mol. The second-order valence-electron chi connectivity index (χ2n) is 5.78. The van der Waals surface area contributed by atoms with Crippen LogP contribution in [0.4, 0.5) is 5.13 Å². The normalized spacial score (nSPS) is 13.7. The Morgan fingerprint density at radius 3 is 2.64 bits per heavy atom. The third kappa shape index (κ3) is 5.18. The van der Waals surface area contributed by atoms with Gasteiger partial charge in [-0.05, 0) is 12.1 Å². The van der Waals surface area contributed by atoms with Gasteiger partial charge < -0.3 is 15.0 Å². The van der Waals surface area contributed by atoms with Crippen LogP contribution in [-0.2, 0) is 9.53 Å². The highest BCUT2D eigenvalue weighted by molar-refractivity contribution is 7.13. The number of rotatable bonds is 5. The summed E-state index contributed by atoms with van der Waals surface area (Å²) in [5.74, 6) is -1.61. The molecule has 3 rings (SSSR count). The molecule has 0 radical (unpaired) electrons. The lowest BCUT2D eigenvalue weighted by molar-refractivity contribution is -0.120. The van der Waals surface area contributed by atoms with Crippen LogP contribution >= 0.6 is 22.9 Å². The molecule has 0 spiro atoms. The molecule has 28 heavy (non-hydrogen) atoms. The fourth-order valence-corrected chi connectivity index (χ4v) is 3.49. The number of amides is 3. The second kappa shape index (κ2) is 9.49. The molecule has 0 bridgehead atoms. The standard InChI is InChI=1S/C17H18ClN5O4S/c18-12-4-2-1-3-11(12)15(25)19-9-14(24)21-22-16(26)13-10-28-17(20-13)23-5-7-27-8-6-23/h1-4,10H,5-9H2,(H,19,25)(H,21,24)(H,22,26). The van der Waals surface area contributed by atoms with Gasteiger partial charge in [-0.3, -0.25) is 25.2 Å². The molecule has 1 aromatic heterocycles. The van der Waals surface area contributed by atoms with Crippen molar-refractivity contribution >= 4 is 45.8 Å². The van der Waals surface area contributed by atoms with Crippen LogP contribution in [0.25, 0.3) is 0 Å². The molecule has 1 aromatic carbocycles. The van der Waals surface area contributed by atoms with Gasteiger partial charge in [0, 0.05) is 18.5 Å². The lowest BCUT2D eigenvalue weighted by Crippen LogP contribution is -2.46. The number of hydrazine groups is 1. The Hall–Kier alpha value is -2.69. The highest BCUT2D eigenvalue weighted by Crippen LogP contribution is 2.21. The number of halogens is 1. The fourth-order valence-electron chi connectivity index (χ4n) is 2.40. The van der Waals surface area contributed by atoms with Gasteiger partial charge in [-0.1, -0.05) is 23.7 Å². The van der Waals surface area contributed by atoms with Crippen molar-refractivity contribution in [3.63, 3.8) is 0 Å². The number of hydrogen-bond acceptors (Lipinski definition) is 7. The summed E-state index contributed by atoms with van der Waals surface area (Å²) in [6, 6.07) is 6.49. The van der Waals surface area contributed by atoms with E-state index in [2.05, 4.69) is 21.2 Å². The summed E-state index contributed by atoms with van der Waals surface area (Å²) in [4.78, 5) is 42.3. The first-order valence-electron chi connectivity index (χ1n) is 8.44. The maximum absolute atomic E-state index is 12.1. The molecule has 3 amide bonds. The Morgan fingerprint density at radius 1 is 1.14 bits per heavy atom. The van der Waals surface area contributed by atoms with E-state index in [0.29, 0.717) is 13.2 Å². The molecule has 11 heteroatoms. The van der Waals surface area contributed by atoms with Crippen molar-refractivity contribution in [2.45, 2.75) is 0 Å². The fraction of sp³-hybridized carbons (Fsp3) is 0.294. The molecule has 1 aliphatic heterocycles. The first kappa shape index (κ1) is 20.1. The van der Waals surface area contributed by atoms with E-state index in [4.69, 9.17) is 16.3 Å². The number of hydrogen-bond donors (Lipinski definition) is 3. The van der Waals surface area contributed by atoms with Crippen LogP contribution in [0.5, 0.6) is 0 Å². The highest BCUT2D eigenvalue weighted by Gasteiger charge is 2.18. The predicted octanol–water partition coefficient (Wildman–Crippen LogP) is 0.824. The largest absolute Gasteiger partial charge is 0.378 e. The molecular formula is C17H18ClN5O4S. The molecule has 1 fully saturated rings. The van der Waals surface area contributed by atoms with Gasteiger partial charge in [0.25, 0.3) is 17.7 Å². The van der Waals surface area contributed by atoms with Crippen LogP contribution in [0.3, 0.4) is 0 Å². The van der Waals surface area contributed by atoms with Crippen molar-refractivity contribution in [3.8, 4) is 0 Å². The third-order valence-electron chi connectivity index (χ3n) is 3.85. The zero-order valence-corrected chi connectivity index (χ0v) is 16.3. The van der Waals surface area contributed by atoms with Crippen molar-refractivity contribution in [2.24, 2.45) is 0 Å². The minimum absolute atomic E-state index is 0.201. The molecule has 1 saturated heterocycles. The zero-order chi connectivity index (χ0) is 19.9. The number of thiazole rings is 1. The Balaban J connectivity index is 1.44. The number of nitrogens with zero attached hydrogens (tertiary/aromatic N) is 2. The lowest BCUT2D eigenvalue weighted by Gasteiger charge is -2.25. The van der Waals surface area contributed by atoms with Gasteiger partial charge in [0.2, 0.25) is 0 Å². The first-order valence-corrected chi connectivity index (χ1v) is 9.70. The second-order valence-corrected chi connectivity index (χ2v) is 7.02. The summed E-state index contributed by atoms with van der Waals surface area (Å²) in [6.07, 6.45) is 0. The smallest absolute Gasteiger partial charge is 0.289 e. The molecule has 3 N–H and O–H groups in total. The van der Waals surface area contributed by atoms with Gasteiger partial charge >= 0.3 is 0 Å². The van der Waals surface area contributed by atoms with E-state index < -0.39 is 17.7 Å². The van der Waals surface area contributed by atoms with Crippen LogP contribution in [0.15, 0.2) is 29.6 Å². The van der Waals surface area contributed by atoms with Crippen LogP contribution in [0.2, 0.25) is 5.02 Å². The van der Waals surface area contributed by atoms with Crippen molar-refractivity contribution in [2.75, 3.05) is 37.7 Å². The van der Waals surface area contributed by atoms with E-state index in [1.807, 2.05) is 4.90 Å². The number of ether oxygens (including phenoxy) is 1. The van der Waals surface area contributed by atoms with E-state index in [1.54, 1.807) is 29.6 Å². The lowest BCUT2D eigenvalue weighted by atomic mass is 10.2. The van der Waals surface area contributed by atoms with Gasteiger partial charge in [0.1, 0.15) is 5.69 Å². The minimum atomic E-state index is -0.586. The number of carbonyl (C=O) groups excluding carboxylic acids is 3. The Morgan fingerprint density at radius 2 is 1.89 bits per heavy atom. The number of nitrogens with one attached hydrogen (secondary N) is 3. The molecule has 0 aliphatic carbocycles.